The molecule has 1 aromatic heterocycles. The van der Waals surface area contributed by atoms with Crippen molar-refractivity contribution < 1.29 is 14.6 Å². The molecule has 2 aliphatic rings. The summed E-state index contributed by atoms with van der Waals surface area (Å²) < 4.78 is 11.6. The molecule has 3 aromatic carbocycles. The maximum atomic E-state index is 11.2. The summed E-state index contributed by atoms with van der Waals surface area (Å²) in [5.74, 6) is 1.35. The van der Waals surface area contributed by atoms with Crippen LogP contribution in [-0.4, -0.2) is 54.4 Å². The second-order valence-electron chi connectivity index (χ2n) is 9.63. The number of methoxy groups -OCH3 is 1. The van der Waals surface area contributed by atoms with Crippen LogP contribution in [0.2, 0.25) is 5.02 Å². The number of para-hydroxylation sites is 2. The molecule has 1 fully saturated rings. The summed E-state index contributed by atoms with van der Waals surface area (Å²) in [6.45, 7) is 3.67. The van der Waals surface area contributed by atoms with Crippen LogP contribution in [-0.2, 0) is 4.74 Å². The van der Waals surface area contributed by atoms with Gasteiger partial charge < -0.3 is 24.5 Å². The molecule has 8 heteroatoms. The fraction of sp³-hybridized carbons (Fsp3) is 0.267. The highest BCUT2D eigenvalue weighted by Gasteiger charge is 2.24. The van der Waals surface area contributed by atoms with Crippen molar-refractivity contribution in [3.05, 3.63) is 99.4 Å². The second-order valence-corrected chi connectivity index (χ2v) is 10.1. The van der Waals surface area contributed by atoms with E-state index in [-0.39, 0.29) is 12.0 Å². The fourth-order valence-corrected chi connectivity index (χ4v) is 5.38. The van der Waals surface area contributed by atoms with E-state index >= 15 is 0 Å². The van der Waals surface area contributed by atoms with Crippen LogP contribution in [0.1, 0.15) is 24.0 Å². The van der Waals surface area contributed by atoms with Crippen LogP contribution in [0.25, 0.3) is 16.5 Å². The lowest BCUT2D eigenvalue weighted by molar-refractivity contribution is 0.0798. The first-order chi connectivity index (χ1) is 18.6. The number of likely N-dealkylation sites (tertiary alicyclic amines) is 1. The van der Waals surface area contributed by atoms with E-state index in [1.807, 2.05) is 66.7 Å². The van der Waals surface area contributed by atoms with Crippen LogP contribution in [0.5, 0.6) is 11.6 Å². The Bertz CT molecular complexity index is 1600. The molecule has 0 aliphatic carbocycles. The van der Waals surface area contributed by atoms with Crippen LogP contribution < -0.4 is 15.5 Å². The summed E-state index contributed by atoms with van der Waals surface area (Å²) in [5, 5.41) is 14.2. The van der Waals surface area contributed by atoms with Crippen molar-refractivity contribution >= 4 is 28.1 Å². The van der Waals surface area contributed by atoms with Gasteiger partial charge in [-0.05, 0) is 60.9 Å². The zero-order chi connectivity index (χ0) is 26.1. The third-order valence-electron chi connectivity index (χ3n) is 7.12. The van der Waals surface area contributed by atoms with Gasteiger partial charge in [-0.25, -0.2) is 9.98 Å². The lowest BCUT2D eigenvalue weighted by Gasteiger charge is -2.31. The molecule has 38 heavy (non-hydrogen) atoms. The number of H-pyrrole nitrogens is 1. The van der Waals surface area contributed by atoms with Crippen molar-refractivity contribution in [3.8, 4) is 11.6 Å². The Balaban J connectivity index is 1.40. The standard InChI is InChI=1S/C30H29ClN4O3/c1-37-16-15-35-13-11-21(12-14-35)38-22-9-10-24-23(18-22)28(30(36)34-24)27(19-5-4-6-20(31)17-19)29-32-25-7-2-3-8-26(25)33-29/h2-10,17-18,21,34,36H,11-16H2,1H3. The third-order valence-corrected chi connectivity index (χ3v) is 7.36. The summed E-state index contributed by atoms with van der Waals surface area (Å²) in [6.07, 6.45) is 2.06. The number of piperidine rings is 1. The summed E-state index contributed by atoms with van der Waals surface area (Å²) >= 11 is 6.39. The predicted molar refractivity (Wildman–Crippen MR) is 148 cm³/mol. The van der Waals surface area contributed by atoms with Crippen LogP contribution in [0.15, 0.2) is 82.5 Å². The lowest BCUT2D eigenvalue weighted by atomic mass is 9.96. The Morgan fingerprint density at radius 2 is 1.79 bits per heavy atom. The number of aromatic nitrogens is 1. The SMILES string of the molecule is COCCN1CCC(Oc2ccc3[nH]c(O)c(C(=C4N=c5ccccc5=N4)c4cccc(Cl)c4)c3c2)CC1. The molecular formula is C30H29ClN4O3. The molecule has 2 aliphatic heterocycles. The van der Waals surface area contributed by atoms with Crippen LogP contribution >= 0.6 is 11.6 Å². The highest BCUT2D eigenvalue weighted by Crippen LogP contribution is 2.41. The number of ether oxygens (including phenoxy) is 2. The average molecular weight is 529 g/mol. The summed E-state index contributed by atoms with van der Waals surface area (Å²) in [6, 6.07) is 21.2. The topological polar surface area (TPSA) is 82.4 Å². The molecule has 194 valence electrons. The number of halogens is 1. The zero-order valence-electron chi connectivity index (χ0n) is 21.2. The van der Waals surface area contributed by atoms with Crippen molar-refractivity contribution in [3.63, 3.8) is 0 Å². The monoisotopic (exact) mass is 528 g/mol. The normalized spacial score (nSPS) is 15.8. The van der Waals surface area contributed by atoms with Gasteiger partial charge in [0.1, 0.15) is 11.9 Å². The minimum absolute atomic E-state index is 0.0485. The Hall–Kier alpha value is -3.65. The Labute approximate surface area is 225 Å². The van der Waals surface area contributed by atoms with E-state index in [4.69, 9.17) is 31.1 Å². The molecule has 0 radical (unpaired) electrons. The third kappa shape index (κ3) is 4.92. The maximum absolute atomic E-state index is 11.2. The smallest absolute Gasteiger partial charge is 0.197 e. The quantitative estimate of drug-likeness (QED) is 0.365. The highest BCUT2D eigenvalue weighted by atomic mass is 35.5. The number of fused-ring (bicyclic) bond motifs is 2. The Morgan fingerprint density at radius 1 is 1.03 bits per heavy atom. The van der Waals surface area contributed by atoms with Gasteiger partial charge in [0, 0.05) is 48.2 Å². The number of benzene rings is 3. The van der Waals surface area contributed by atoms with E-state index in [1.165, 1.54) is 0 Å². The van der Waals surface area contributed by atoms with Gasteiger partial charge in [-0.2, -0.15) is 0 Å². The first-order valence-electron chi connectivity index (χ1n) is 12.8. The molecule has 0 unspecified atom stereocenters. The molecule has 0 saturated carbocycles. The van der Waals surface area contributed by atoms with E-state index in [0.29, 0.717) is 22.0 Å². The molecule has 0 amide bonds. The van der Waals surface area contributed by atoms with Crippen LogP contribution in [0, 0.1) is 0 Å². The summed E-state index contributed by atoms with van der Waals surface area (Å²) in [5.41, 5.74) is 2.95. The first-order valence-corrected chi connectivity index (χ1v) is 13.2. The van der Waals surface area contributed by atoms with E-state index < -0.39 is 0 Å². The van der Waals surface area contributed by atoms with Crippen molar-refractivity contribution in [2.45, 2.75) is 18.9 Å². The molecule has 0 atom stereocenters. The van der Waals surface area contributed by atoms with Gasteiger partial charge >= 0.3 is 0 Å². The Kier molecular flexibility index (Phi) is 6.89. The molecule has 1 saturated heterocycles. The summed E-state index contributed by atoms with van der Waals surface area (Å²) in [7, 11) is 1.74. The first kappa shape index (κ1) is 24.7. The number of aromatic amines is 1. The molecular weight excluding hydrogens is 500 g/mol. The van der Waals surface area contributed by atoms with Gasteiger partial charge in [0.25, 0.3) is 0 Å². The van der Waals surface area contributed by atoms with Gasteiger partial charge in [-0.1, -0.05) is 35.9 Å². The Morgan fingerprint density at radius 3 is 2.50 bits per heavy atom. The fourth-order valence-electron chi connectivity index (χ4n) is 5.19. The van der Waals surface area contributed by atoms with Crippen LogP contribution in [0.4, 0.5) is 0 Å². The van der Waals surface area contributed by atoms with Gasteiger partial charge in [-0.15, -0.1) is 0 Å². The summed E-state index contributed by atoms with van der Waals surface area (Å²) in [4.78, 5) is 15.1. The average Bonchev–Trinajstić information content (AvgIpc) is 3.49. The molecule has 4 aromatic rings. The van der Waals surface area contributed by atoms with Crippen molar-refractivity contribution in [1.29, 1.82) is 0 Å². The minimum Gasteiger partial charge on any atom is -0.494 e. The highest BCUT2D eigenvalue weighted by molar-refractivity contribution is 6.30. The molecule has 0 bridgehead atoms. The van der Waals surface area contributed by atoms with Crippen molar-refractivity contribution in [1.82, 2.24) is 9.88 Å². The molecule has 3 heterocycles. The van der Waals surface area contributed by atoms with Gasteiger partial charge in [0.15, 0.2) is 11.7 Å². The van der Waals surface area contributed by atoms with E-state index in [2.05, 4.69) is 9.88 Å². The van der Waals surface area contributed by atoms with E-state index in [1.54, 1.807) is 7.11 Å². The predicted octanol–water partition coefficient (Wildman–Crippen LogP) is 4.69. The number of hydrogen-bond acceptors (Lipinski definition) is 6. The number of nitrogens with zero attached hydrogens (tertiary/aromatic N) is 3. The minimum atomic E-state index is 0.0485. The molecule has 7 nitrogen and oxygen atoms in total. The van der Waals surface area contributed by atoms with Gasteiger partial charge in [0.05, 0.1) is 22.9 Å². The number of aromatic hydroxyl groups is 1. The van der Waals surface area contributed by atoms with Crippen LogP contribution in [0.3, 0.4) is 0 Å². The molecule has 6 rings (SSSR count). The van der Waals surface area contributed by atoms with E-state index in [9.17, 15) is 5.11 Å². The van der Waals surface area contributed by atoms with Gasteiger partial charge in [0.2, 0.25) is 0 Å². The van der Waals surface area contributed by atoms with E-state index in [0.717, 1.165) is 72.0 Å². The molecule has 0 spiro atoms. The van der Waals surface area contributed by atoms with Crippen molar-refractivity contribution in [2.24, 2.45) is 9.98 Å². The molecule has 2 N–H and O–H groups in total. The largest absolute Gasteiger partial charge is 0.494 e. The van der Waals surface area contributed by atoms with Gasteiger partial charge in [-0.3, -0.25) is 0 Å². The lowest BCUT2D eigenvalue weighted by Crippen LogP contribution is -2.39. The van der Waals surface area contributed by atoms with Crippen molar-refractivity contribution in [2.75, 3.05) is 33.4 Å². The number of rotatable bonds is 7. The maximum Gasteiger partial charge on any atom is 0.197 e. The zero-order valence-corrected chi connectivity index (χ0v) is 21.9. The number of nitrogens with one attached hydrogen (secondary N) is 1. The number of hydrogen-bond donors (Lipinski definition) is 2. The second kappa shape index (κ2) is 10.6.